The van der Waals surface area contributed by atoms with Gasteiger partial charge in [0.1, 0.15) is 0 Å². The fraction of sp³-hybridized carbons (Fsp3) is 0.846. The highest BCUT2D eigenvalue weighted by Gasteiger charge is 2.51. The molecule has 0 aromatic rings. The summed E-state index contributed by atoms with van der Waals surface area (Å²) < 4.78 is 0. The van der Waals surface area contributed by atoms with Gasteiger partial charge in [-0.15, -0.1) is 0 Å². The smallest absolute Gasteiger partial charge is 0.236 e. The third-order valence-electron chi connectivity index (χ3n) is 3.89. The molecule has 1 heterocycles. The maximum absolute atomic E-state index is 12.3. The number of imide groups is 1. The van der Waals surface area contributed by atoms with Gasteiger partial charge in [0.2, 0.25) is 11.8 Å². The number of carbonyl (C=O) groups is 2. The van der Waals surface area contributed by atoms with Crippen LogP contribution in [0.15, 0.2) is 0 Å². The normalized spacial score (nSPS) is 29.0. The first-order chi connectivity index (χ1) is 7.70. The Kier molecular flexibility index (Phi) is 3.97. The van der Waals surface area contributed by atoms with E-state index in [2.05, 4.69) is 0 Å². The first-order valence-electron chi connectivity index (χ1n) is 6.24. The molecule has 0 radical (unpaired) electrons. The summed E-state index contributed by atoms with van der Waals surface area (Å²) in [7, 11) is 0. The molecule has 1 aliphatic rings. The second kappa shape index (κ2) is 4.77. The molecule has 0 aromatic heterocycles. The van der Waals surface area contributed by atoms with E-state index in [9.17, 15) is 14.7 Å². The van der Waals surface area contributed by atoms with Gasteiger partial charge in [0.05, 0.1) is 11.5 Å². The fourth-order valence-corrected chi connectivity index (χ4v) is 2.36. The number of likely N-dealkylation sites (tertiary alicyclic amines) is 1. The third kappa shape index (κ3) is 2.51. The van der Waals surface area contributed by atoms with Crippen molar-refractivity contribution in [2.45, 2.75) is 59.6 Å². The lowest BCUT2D eigenvalue weighted by atomic mass is 9.78. The van der Waals surface area contributed by atoms with Gasteiger partial charge < -0.3 is 5.11 Å². The SMILES string of the molecule is CC(O)CC(C)N1C(=O)CC(C)(C(C)C)C1=O. The van der Waals surface area contributed by atoms with Gasteiger partial charge in [0.15, 0.2) is 0 Å². The summed E-state index contributed by atoms with van der Waals surface area (Å²) in [6, 6.07) is -0.226. The predicted octanol–water partition coefficient (Wildman–Crippen LogP) is 1.57. The molecule has 4 heteroatoms. The van der Waals surface area contributed by atoms with Gasteiger partial charge >= 0.3 is 0 Å². The summed E-state index contributed by atoms with van der Waals surface area (Å²) in [5, 5.41) is 9.35. The molecule has 1 saturated heterocycles. The second-order valence-electron chi connectivity index (χ2n) is 5.75. The summed E-state index contributed by atoms with van der Waals surface area (Å²) in [6.45, 7) is 9.27. The third-order valence-corrected chi connectivity index (χ3v) is 3.89. The minimum Gasteiger partial charge on any atom is -0.393 e. The first-order valence-corrected chi connectivity index (χ1v) is 6.24. The van der Waals surface area contributed by atoms with Crippen molar-refractivity contribution in [2.24, 2.45) is 11.3 Å². The van der Waals surface area contributed by atoms with Gasteiger partial charge in [-0.1, -0.05) is 13.8 Å². The van der Waals surface area contributed by atoms with Crippen LogP contribution in [0.25, 0.3) is 0 Å². The monoisotopic (exact) mass is 241 g/mol. The summed E-state index contributed by atoms with van der Waals surface area (Å²) in [5.41, 5.74) is -0.579. The Morgan fingerprint density at radius 2 is 1.82 bits per heavy atom. The molecule has 0 saturated carbocycles. The van der Waals surface area contributed by atoms with Crippen LogP contribution < -0.4 is 0 Å². The van der Waals surface area contributed by atoms with Crippen molar-refractivity contribution >= 4 is 11.8 Å². The molecule has 0 bridgehead atoms. The van der Waals surface area contributed by atoms with Crippen LogP contribution in [0, 0.1) is 11.3 Å². The Hall–Kier alpha value is -0.900. The number of hydrogen-bond donors (Lipinski definition) is 1. The van der Waals surface area contributed by atoms with Crippen molar-refractivity contribution in [3.8, 4) is 0 Å². The molecule has 3 unspecified atom stereocenters. The Morgan fingerprint density at radius 1 is 1.29 bits per heavy atom. The number of aliphatic hydroxyl groups excluding tert-OH is 1. The number of carbonyl (C=O) groups excluding carboxylic acids is 2. The van der Waals surface area contributed by atoms with Gasteiger partial charge in [0, 0.05) is 12.5 Å². The maximum atomic E-state index is 12.3. The van der Waals surface area contributed by atoms with Crippen LogP contribution in [0.3, 0.4) is 0 Å². The van der Waals surface area contributed by atoms with Gasteiger partial charge in [-0.3, -0.25) is 14.5 Å². The highest BCUT2D eigenvalue weighted by atomic mass is 16.3. The molecule has 1 rings (SSSR count). The predicted molar refractivity (Wildman–Crippen MR) is 65.2 cm³/mol. The van der Waals surface area contributed by atoms with E-state index in [4.69, 9.17) is 0 Å². The van der Waals surface area contributed by atoms with E-state index in [0.717, 1.165) is 0 Å². The molecule has 4 nitrogen and oxygen atoms in total. The van der Waals surface area contributed by atoms with E-state index in [-0.39, 0.29) is 30.2 Å². The number of amides is 2. The summed E-state index contributed by atoms with van der Waals surface area (Å²) in [4.78, 5) is 25.6. The van der Waals surface area contributed by atoms with Crippen LogP contribution in [-0.4, -0.2) is 34.0 Å². The molecule has 3 atom stereocenters. The van der Waals surface area contributed by atoms with E-state index < -0.39 is 11.5 Å². The topological polar surface area (TPSA) is 57.6 Å². The number of aliphatic hydroxyl groups is 1. The van der Waals surface area contributed by atoms with Crippen molar-refractivity contribution in [1.29, 1.82) is 0 Å². The van der Waals surface area contributed by atoms with Crippen molar-refractivity contribution in [1.82, 2.24) is 4.90 Å². The van der Waals surface area contributed by atoms with Crippen molar-refractivity contribution < 1.29 is 14.7 Å². The average Bonchev–Trinajstić information content (AvgIpc) is 2.37. The summed E-state index contributed by atoms with van der Waals surface area (Å²) in [5.74, 6) is -0.0623. The zero-order valence-electron chi connectivity index (χ0n) is 11.4. The molecule has 17 heavy (non-hydrogen) atoms. The van der Waals surface area contributed by atoms with Crippen LogP contribution in [0.2, 0.25) is 0 Å². The van der Waals surface area contributed by atoms with Gasteiger partial charge in [0.25, 0.3) is 0 Å². The lowest BCUT2D eigenvalue weighted by Gasteiger charge is -2.29. The number of rotatable bonds is 4. The summed E-state index contributed by atoms with van der Waals surface area (Å²) >= 11 is 0. The molecular formula is C13H23NO3. The van der Waals surface area contributed by atoms with E-state index in [1.807, 2.05) is 27.7 Å². The van der Waals surface area contributed by atoms with Crippen LogP contribution in [0.4, 0.5) is 0 Å². The Morgan fingerprint density at radius 3 is 2.18 bits per heavy atom. The molecular weight excluding hydrogens is 218 g/mol. The molecule has 1 aliphatic heterocycles. The van der Waals surface area contributed by atoms with Crippen LogP contribution in [0.1, 0.15) is 47.5 Å². The van der Waals surface area contributed by atoms with Crippen LogP contribution in [-0.2, 0) is 9.59 Å². The Bertz CT molecular complexity index is 325. The zero-order chi connectivity index (χ0) is 13.4. The molecule has 98 valence electrons. The average molecular weight is 241 g/mol. The molecule has 2 amide bonds. The maximum Gasteiger partial charge on any atom is 0.236 e. The molecule has 1 N–H and O–H groups in total. The van der Waals surface area contributed by atoms with Gasteiger partial charge in [-0.05, 0) is 33.1 Å². The molecule has 0 aliphatic carbocycles. The standard InChI is InChI=1S/C13H23NO3/c1-8(2)13(5)7-11(16)14(12(13)17)9(3)6-10(4)15/h8-10,15H,6-7H2,1-5H3. The minimum absolute atomic E-state index is 0.0920. The molecule has 1 fully saturated rings. The van der Waals surface area contributed by atoms with E-state index in [1.165, 1.54) is 4.90 Å². The molecule has 0 spiro atoms. The molecule has 0 aromatic carbocycles. The fourth-order valence-electron chi connectivity index (χ4n) is 2.36. The van der Waals surface area contributed by atoms with Crippen LogP contribution in [0.5, 0.6) is 0 Å². The van der Waals surface area contributed by atoms with Crippen molar-refractivity contribution in [3.63, 3.8) is 0 Å². The van der Waals surface area contributed by atoms with E-state index >= 15 is 0 Å². The second-order valence-corrected chi connectivity index (χ2v) is 5.75. The lowest BCUT2D eigenvalue weighted by Crippen LogP contribution is -2.43. The van der Waals surface area contributed by atoms with E-state index in [1.54, 1.807) is 6.92 Å². The quantitative estimate of drug-likeness (QED) is 0.760. The number of hydrogen-bond acceptors (Lipinski definition) is 3. The van der Waals surface area contributed by atoms with Crippen LogP contribution >= 0.6 is 0 Å². The van der Waals surface area contributed by atoms with Crippen molar-refractivity contribution in [3.05, 3.63) is 0 Å². The van der Waals surface area contributed by atoms with Crippen molar-refractivity contribution in [2.75, 3.05) is 0 Å². The van der Waals surface area contributed by atoms with Gasteiger partial charge in [-0.2, -0.15) is 0 Å². The van der Waals surface area contributed by atoms with E-state index in [0.29, 0.717) is 6.42 Å². The first kappa shape index (κ1) is 14.2. The number of nitrogens with zero attached hydrogens (tertiary/aromatic N) is 1. The largest absolute Gasteiger partial charge is 0.393 e. The lowest BCUT2D eigenvalue weighted by molar-refractivity contribution is -0.144. The Labute approximate surface area is 103 Å². The highest BCUT2D eigenvalue weighted by Crippen LogP contribution is 2.40. The highest BCUT2D eigenvalue weighted by molar-refractivity contribution is 6.06. The zero-order valence-corrected chi connectivity index (χ0v) is 11.4. The minimum atomic E-state index is -0.579. The van der Waals surface area contributed by atoms with Gasteiger partial charge in [-0.25, -0.2) is 0 Å². The summed E-state index contributed by atoms with van der Waals surface area (Å²) in [6.07, 6.45) is 0.218. The Balaban J connectivity index is 2.90.